The highest BCUT2D eigenvalue weighted by Gasteiger charge is 2.16. The molecule has 0 radical (unpaired) electrons. The van der Waals surface area contributed by atoms with Crippen LogP contribution in [0.4, 0.5) is 5.69 Å². The molecule has 3 aromatic rings. The number of carboxylic acid groups (broad SMARTS) is 1. The van der Waals surface area contributed by atoms with Crippen molar-refractivity contribution in [3.8, 4) is 11.5 Å². The molecule has 0 saturated heterocycles. The molecule has 0 spiro atoms. The fourth-order valence-corrected chi connectivity index (χ4v) is 3.01. The summed E-state index contributed by atoms with van der Waals surface area (Å²) in [5, 5.41) is 15.6. The van der Waals surface area contributed by atoms with Crippen molar-refractivity contribution in [1.82, 2.24) is 9.78 Å². The summed E-state index contributed by atoms with van der Waals surface area (Å²) in [7, 11) is 3.08. The van der Waals surface area contributed by atoms with Crippen LogP contribution >= 0.6 is 0 Å². The first-order valence-electron chi connectivity index (χ1n) is 9.48. The maximum absolute atomic E-state index is 12.2. The second-order valence-electron chi connectivity index (χ2n) is 6.83. The Kier molecular flexibility index (Phi) is 6.71. The van der Waals surface area contributed by atoms with Gasteiger partial charge in [-0.1, -0.05) is 18.2 Å². The van der Waals surface area contributed by atoms with Crippen LogP contribution in [-0.4, -0.2) is 33.9 Å². The predicted octanol–water partition coefficient (Wildman–Crippen LogP) is 3.67. The number of hydrogen-bond acceptors (Lipinski definition) is 5. The summed E-state index contributed by atoms with van der Waals surface area (Å²) in [6.45, 7) is 2.30. The molecule has 0 aliphatic heterocycles. The zero-order valence-electron chi connectivity index (χ0n) is 17.5. The lowest BCUT2D eigenvalue weighted by Crippen LogP contribution is -2.13. The third-order valence-corrected chi connectivity index (χ3v) is 4.51. The van der Waals surface area contributed by atoms with Gasteiger partial charge in [0.05, 0.1) is 19.0 Å². The van der Waals surface area contributed by atoms with Crippen LogP contribution in [0.15, 0.2) is 54.7 Å². The first-order chi connectivity index (χ1) is 14.9. The first-order valence-corrected chi connectivity index (χ1v) is 9.48. The monoisotopic (exact) mass is 421 g/mol. The normalized spacial score (nSPS) is 10.8. The van der Waals surface area contributed by atoms with Crippen LogP contribution < -0.4 is 14.8 Å². The highest BCUT2D eigenvalue weighted by Crippen LogP contribution is 2.23. The van der Waals surface area contributed by atoms with Crippen molar-refractivity contribution < 1.29 is 24.2 Å². The molecule has 31 heavy (non-hydrogen) atoms. The van der Waals surface area contributed by atoms with Crippen LogP contribution in [0.5, 0.6) is 11.5 Å². The number of hydrogen-bond donors (Lipinski definition) is 2. The van der Waals surface area contributed by atoms with E-state index in [4.69, 9.17) is 9.47 Å². The molecule has 0 aliphatic rings. The molecule has 0 atom stereocenters. The third-order valence-electron chi connectivity index (χ3n) is 4.51. The number of carbonyl (C=O) groups is 2. The lowest BCUT2D eigenvalue weighted by Gasteiger charge is -2.11. The van der Waals surface area contributed by atoms with E-state index >= 15 is 0 Å². The van der Waals surface area contributed by atoms with Gasteiger partial charge in [-0.3, -0.25) is 9.48 Å². The molecule has 0 saturated carbocycles. The number of carboxylic acids is 1. The number of anilines is 1. The summed E-state index contributed by atoms with van der Waals surface area (Å²) in [4.78, 5) is 23.5. The number of amides is 1. The van der Waals surface area contributed by atoms with Crippen molar-refractivity contribution in [2.45, 2.75) is 13.5 Å². The van der Waals surface area contributed by atoms with Gasteiger partial charge in [0.2, 0.25) is 5.91 Å². The smallest absolute Gasteiger partial charge is 0.356 e. The van der Waals surface area contributed by atoms with Crippen molar-refractivity contribution >= 4 is 23.6 Å². The molecule has 8 nitrogen and oxygen atoms in total. The van der Waals surface area contributed by atoms with E-state index in [-0.39, 0.29) is 11.4 Å². The number of aromatic carboxylic acids is 1. The number of methoxy groups -OCH3 is 1. The SMILES string of the molecule is COc1ccc(/C=C/C(=O)Nc2cnn(C)c2C(=O)O)cc1COc1cccc(C)c1. The Morgan fingerprint density at radius 2 is 2.03 bits per heavy atom. The third kappa shape index (κ3) is 5.51. The summed E-state index contributed by atoms with van der Waals surface area (Å²) in [6, 6.07) is 13.2. The Bertz CT molecular complexity index is 1130. The largest absolute Gasteiger partial charge is 0.496 e. The van der Waals surface area contributed by atoms with Crippen molar-refractivity contribution in [3.05, 3.63) is 77.1 Å². The summed E-state index contributed by atoms with van der Waals surface area (Å²) in [5.41, 5.74) is 2.73. The lowest BCUT2D eigenvalue weighted by molar-refractivity contribution is -0.111. The van der Waals surface area contributed by atoms with Crippen molar-refractivity contribution in [2.24, 2.45) is 7.05 Å². The van der Waals surface area contributed by atoms with E-state index in [0.717, 1.165) is 22.4 Å². The Labute approximate surface area is 179 Å². The second-order valence-corrected chi connectivity index (χ2v) is 6.83. The average Bonchev–Trinajstić information content (AvgIpc) is 3.11. The molecule has 0 unspecified atom stereocenters. The van der Waals surface area contributed by atoms with Crippen LogP contribution in [0.3, 0.4) is 0 Å². The Morgan fingerprint density at radius 1 is 1.23 bits per heavy atom. The summed E-state index contributed by atoms with van der Waals surface area (Å²) < 4.78 is 12.5. The molecular formula is C23H23N3O5. The molecular weight excluding hydrogens is 398 g/mol. The molecule has 0 fully saturated rings. The van der Waals surface area contributed by atoms with Crippen molar-refractivity contribution in [3.63, 3.8) is 0 Å². The topological polar surface area (TPSA) is 103 Å². The summed E-state index contributed by atoms with van der Waals surface area (Å²) >= 11 is 0. The highest BCUT2D eigenvalue weighted by molar-refractivity contribution is 6.05. The number of benzene rings is 2. The van der Waals surface area contributed by atoms with Gasteiger partial charge in [-0.25, -0.2) is 4.79 Å². The van der Waals surface area contributed by atoms with E-state index in [9.17, 15) is 14.7 Å². The molecule has 2 aromatic carbocycles. The average molecular weight is 421 g/mol. The fourth-order valence-electron chi connectivity index (χ4n) is 3.01. The van der Waals surface area contributed by atoms with Gasteiger partial charge in [-0.05, 0) is 48.4 Å². The van der Waals surface area contributed by atoms with Gasteiger partial charge in [0.25, 0.3) is 0 Å². The first kappa shape index (κ1) is 21.6. The molecule has 8 heteroatoms. The van der Waals surface area contributed by atoms with E-state index in [0.29, 0.717) is 12.4 Å². The minimum Gasteiger partial charge on any atom is -0.496 e. The van der Waals surface area contributed by atoms with E-state index in [2.05, 4.69) is 10.4 Å². The van der Waals surface area contributed by atoms with Gasteiger partial charge in [0.15, 0.2) is 5.69 Å². The van der Waals surface area contributed by atoms with Gasteiger partial charge < -0.3 is 19.9 Å². The van der Waals surface area contributed by atoms with Crippen LogP contribution in [-0.2, 0) is 18.4 Å². The van der Waals surface area contributed by atoms with E-state index in [1.54, 1.807) is 19.3 Å². The Hall–Kier alpha value is -4.07. The number of nitrogens with zero attached hydrogens (tertiary/aromatic N) is 2. The molecule has 3 rings (SSSR count). The van der Waals surface area contributed by atoms with Crippen LogP contribution in [0, 0.1) is 6.92 Å². The van der Waals surface area contributed by atoms with Crippen LogP contribution in [0.25, 0.3) is 6.08 Å². The lowest BCUT2D eigenvalue weighted by atomic mass is 10.1. The maximum Gasteiger partial charge on any atom is 0.356 e. The fraction of sp³-hybridized carbons (Fsp3) is 0.174. The number of aromatic nitrogens is 2. The standard InChI is InChI=1S/C23H23N3O5/c1-15-5-4-6-18(11-15)31-14-17-12-16(7-9-20(17)30-3)8-10-21(27)25-19-13-24-26(2)22(19)23(28)29/h4-13H,14H2,1-3H3,(H,25,27)(H,28,29)/b10-8+. The molecule has 0 bridgehead atoms. The molecule has 1 amide bonds. The maximum atomic E-state index is 12.2. The van der Waals surface area contributed by atoms with Crippen molar-refractivity contribution in [2.75, 3.05) is 12.4 Å². The van der Waals surface area contributed by atoms with Gasteiger partial charge in [-0.15, -0.1) is 0 Å². The summed E-state index contributed by atoms with van der Waals surface area (Å²) in [5.74, 6) is -0.208. The highest BCUT2D eigenvalue weighted by atomic mass is 16.5. The number of carbonyl (C=O) groups excluding carboxylic acids is 1. The minimum atomic E-state index is -1.17. The van der Waals surface area contributed by atoms with E-state index < -0.39 is 11.9 Å². The predicted molar refractivity (Wildman–Crippen MR) is 116 cm³/mol. The molecule has 0 aliphatic carbocycles. The van der Waals surface area contributed by atoms with Crippen LogP contribution in [0.1, 0.15) is 27.2 Å². The van der Waals surface area contributed by atoms with Gasteiger partial charge in [0.1, 0.15) is 18.1 Å². The Balaban J connectivity index is 1.71. The van der Waals surface area contributed by atoms with Gasteiger partial charge >= 0.3 is 5.97 Å². The molecule has 1 aromatic heterocycles. The Morgan fingerprint density at radius 3 is 2.74 bits per heavy atom. The van der Waals surface area contributed by atoms with Gasteiger partial charge in [0, 0.05) is 18.7 Å². The van der Waals surface area contributed by atoms with Crippen LogP contribution in [0.2, 0.25) is 0 Å². The quantitative estimate of drug-likeness (QED) is 0.538. The number of rotatable bonds is 8. The number of ether oxygens (including phenoxy) is 2. The minimum absolute atomic E-state index is 0.0956. The second kappa shape index (κ2) is 9.62. The zero-order chi connectivity index (χ0) is 22.4. The molecule has 2 N–H and O–H groups in total. The number of nitrogens with one attached hydrogen (secondary N) is 1. The molecule has 1 heterocycles. The van der Waals surface area contributed by atoms with E-state index in [1.165, 1.54) is 24.0 Å². The zero-order valence-corrected chi connectivity index (χ0v) is 17.5. The van der Waals surface area contributed by atoms with Gasteiger partial charge in [-0.2, -0.15) is 5.10 Å². The number of aryl methyl sites for hydroxylation is 2. The van der Waals surface area contributed by atoms with E-state index in [1.807, 2.05) is 43.3 Å². The van der Waals surface area contributed by atoms with Crippen molar-refractivity contribution in [1.29, 1.82) is 0 Å². The summed E-state index contributed by atoms with van der Waals surface area (Å²) in [6.07, 6.45) is 4.25. The molecule has 160 valence electrons.